The van der Waals surface area contributed by atoms with E-state index in [4.69, 9.17) is 4.74 Å². The highest BCUT2D eigenvalue weighted by Crippen LogP contribution is 2.49. The lowest BCUT2D eigenvalue weighted by Crippen LogP contribution is -2.16. The Morgan fingerprint density at radius 1 is 0.489 bits per heavy atom. The second-order valence-electron chi connectivity index (χ2n) is 15.3. The van der Waals surface area contributed by atoms with Crippen molar-refractivity contribution in [2.75, 3.05) is 20.6 Å². The molecule has 47 heavy (non-hydrogen) atoms. The standard InChI is InChI=1S/C44H83NO2/c1-5-7-9-11-13-15-17-19-21-23-25-27-29-31-33-35-38-42-41(44(42)47-43(46)39-36-40-45(3)4)37-34-32-30-28-26-24-22-20-18-16-14-12-10-8-6-2/h19-22,41-42,44H,5-18,23-40H2,1-4H3/b21-19-,22-20-. The van der Waals surface area contributed by atoms with Crippen LogP contribution in [-0.4, -0.2) is 37.6 Å². The molecule has 3 heteroatoms. The summed E-state index contributed by atoms with van der Waals surface area (Å²) in [7, 11) is 4.14. The van der Waals surface area contributed by atoms with Crippen molar-refractivity contribution in [3.63, 3.8) is 0 Å². The van der Waals surface area contributed by atoms with E-state index in [2.05, 4.69) is 57.1 Å². The molecular weight excluding hydrogens is 574 g/mol. The van der Waals surface area contributed by atoms with Gasteiger partial charge in [-0.2, -0.15) is 0 Å². The normalized spacial score (nSPS) is 17.9. The molecule has 3 atom stereocenters. The fourth-order valence-corrected chi connectivity index (χ4v) is 7.17. The van der Waals surface area contributed by atoms with Crippen LogP contribution in [0, 0.1) is 11.8 Å². The summed E-state index contributed by atoms with van der Waals surface area (Å²) in [6.07, 6.45) is 50.5. The van der Waals surface area contributed by atoms with Crippen LogP contribution in [0.1, 0.15) is 213 Å². The van der Waals surface area contributed by atoms with Crippen LogP contribution in [0.25, 0.3) is 0 Å². The van der Waals surface area contributed by atoms with Crippen molar-refractivity contribution in [3.05, 3.63) is 24.3 Å². The van der Waals surface area contributed by atoms with Gasteiger partial charge in [-0.3, -0.25) is 4.79 Å². The Morgan fingerprint density at radius 3 is 1.19 bits per heavy atom. The molecule has 3 unspecified atom stereocenters. The Bertz CT molecular complexity index is 728. The third kappa shape index (κ3) is 28.5. The van der Waals surface area contributed by atoms with Gasteiger partial charge in [-0.1, -0.05) is 160 Å². The van der Waals surface area contributed by atoms with E-state index in [0.717, 1.165) is 13.0 Å². The van der Waals surface area contributed by atoms with Crippen molar-refractivity contribution in [1.82, 2.24) is 4.90 Å². The summed E-state index contributed by atoms with van der Waals surface area (Å²) >= 11 is 0. The largest absolute Gasteiger partial charge is 0.462 e. The van der Waals surface area contributed by atoms with Crippen LogP contribution >= 0.6 is 0 Å². The van der Waals surface area contributed by atoms with Crippen molar-refractivity contribution >= 4 is 5.97 Å². The van der Waals surface area contributed by atoms with E-state index in [1.54, 1.807) is 0 Å². The first-order valence-electron chi connectivity index (χ1n) is 21.2. The Morgan fingerprint density at radius 2 is 0.830 bits per heavy atom. The van der Waals surface area contributed by atoms with Gasteiger partial charge in [0.25, 0.3) is 0 Å². The van der Waals surface area contributed by atoms with Crippen molar-refractivity contribution in [2.45, 2.75) is 219 Å². The molecule has 0 aromatic heterocycles. The maximum Gasteiger partial charge on any atom is 0.306 e. The van der Waals surface area contributed by atoms with E-state index in [0.29, 0.717) is 18.3 Å². The number of unbranched alkanes of at least 4 members (excludes halogenated alkanes) is 23. The minimum atomic E-state index is 0.0370. The Balaban J connectivity index is 2.13. The third-order valence-corrected chi connectivity index (χ3v) is 10.4. The summed E-state index contributed by atoms with van der Waals surface area (Å²) in [6, 6.07) is 0. The van der Waals surface area contributed by atoms with E-state index in [1.165, 1.54) is 186 Å². The van der Waals surface area contributed by atoms with E-state index < -0.39 is 0 Å². The number of carbonyl (C=O) groups is 1. The number of ether oxygens (including phenoxy) is 1. The molecule has 0 heterocycles. The Labute approximate surface area is 295 Å². The van der Waals surface area contributed by atoms with E-state index >= 15 is 0 Å². The zero-order valence-corrected chi connectivity index (χ0v) is 32.4. The zero-order chi connectivity index (χ0) is 34.0. The SMILES string of the molecule is CCCCCCCC/C=C\CCCCCCCCC1C(CCCCCCC/C=C\CCCCCCCC)C1OC(=O)CCCN(C)C. The summed E-state index contributed by atoms with van der Waals surface area (Å²) in [5.41, 5.74) is 0. The molecule has 276 valence electrons. The number of esters is 1. The first kappa shape index (κ1) is 43.9. The highest BCUT2D eigenvalue weighted by molar-refractivity contribution is 5.69. The fraction of sp³-hybridized carbons (Fsp3) is 0.886. The minimum absolute atomic E-state index is 0.0370. The molecular formula is C44H83NO2. The van der Waals surface area contributed by atoms with E-state index in [9.17, 15) is 4.79 Å². The number of allylic oxidation sites excluding steroid dienone is 4. The summed E-state index contributed by atoms with van der Waals surface area (Å²) in [6.45, 7) is 5.53. The van der Waals surface area contributed by atoms with E-state index in [1.807, 2.05) is 0 Å². The van der Waals surface area contributed by atoms with Gasteiger partial charge in [0.15, 0.2) is 0 Å². The molecule has 3 nitrogen and oxygen atoms in total. The highest BCUT2D eigenvalue weighted by atomic mass is 16.5. The molecule has 0 bridgehead atoms. The predicted octanol–water partition coefficient (Wildman–Crippen LogP) is 14.0. The first-order valence-corrected chi connectivity index (χ1v) is 21.2. The summed E-state index contributed by atoms with van der Waals surface area (Å²) < 4.78 is 6.05. The van der Waals surface area contributed by atoms with Gasteiger partial charge < -0.3 is 9.64 Å². The Hall–Kier alpha value is -1.09. The van der Waals surface area contributed by atoms with Crippen LogP contribution in [0.2, 0.25) is 0 Å². The molecule has 0 aliphatic heterocycles. The van der Waals surface area contributed by atoms with Crippen molar-refractivity contribution < 1.29 is 9.53 Å². The topological polar surface area (TPSA) is 29.5 Å². The van der Waals surface area contributed by atoms with Gasteiger partial charge in [0.1, 0.15) is 6.10 Å². The van der Waals surface area contributed by atoms with Crippen LogP contribution in [-0.2, 0) is 9.53 Å². The average Bonchev–Trinajstić information content (AvgIpc) is 3.71. The molecule has 1 aliphatic carbocycles. The van der Waals surface area contributed by atoms with Crippen LogP contribution in [0.4, 0.5) is 0 Å². The van der Waals surface area contributed by atoms with Crippen molar-refractivity contribution in [3.8, 4) is 0 Å². The average molecular weight is 658 g/mol. The maximum absolute atomic E-state index is 12.6. The van der Waals surface area contributed by atoms with Gasteiger partial charge in [-0.15, -0.1) is 0 Å². The van der Waals surface area contributed by atoms with Gasteiger partial charge in [0, 0.05) is 18.3 Å². The van der Waals surface area contributed by atoms with Gasteiger partial charge >= 0.3 is 5.97 Å². The number of carbonyl (C=O) groups excluding carboxylic acids is 1. The zero-order valence-electron chi connectivity index (χ0n) is 32.4. The highest BCUT2D eigenvalue weighted by Gasteiger charge is 2.51. The van der Waals surface area contributed by atoms with Crippen molar-refractivity contribution in [2.24, 2.45) is 11.8 Å². The fourth-order valence-electron chi connectivity index (χ4n) is 7.17. The molecule has 0 spiro atoms. The second kappa shape index (κ2) is 33.4. The van der Waals surface area contributed by atoms with Crippen LogP contribution < -0.4 is 0 Å². The Kier molecular flexibility index (Phi) is 31.2. The van der Waals surface area contributed by atoms with Crippen LogP contribution in [0.3, 0.4) is 0 Å². The first-order chi connectivity index (χ1) is 23.1. The smallest absolute Gasteiger partial charge is 0.306 e. The molecule has 1 saturated carbocycles. The summed E-state index contributed by atoms with van der Waals surface area (Å²) in [5, 5.41) is 0. The van der Waals surface area contributed by atoms with Crippen molar-refractivity contribution in [1.29, 1.82) is 0 Å². The molecule has 0 amide bonds. The monoisotopic (exact) mass is 658 g/mol. The number of nitrogens with zero attached hydrogens (tertiary/aromatic N) is 1. The van der Waals surface area contributed by atoms with Gasteiger partial charge in [-0.25, -0.2) is 0 Å². The number of rotatable bonds is 36. The lowest BCUT2D eigenvalue weighted by molar-refractivity contribution is -0.146. The number of hydrogen-bond donors (Lipinski definition) is 0. The molecule has 0 N–H and O–H groups in total. The lowest BCUT2D eigenvalue weighted by atomic mass is 10.0. The van der Waals surface area contributed by atoms with Crippen LogP contribution in [0.5, 0.6) is 0 Å². The van der Waals surface area contributed by atoms with Gasteiger partial charge in [0.2, 0.25) is 0 Å². The van der Waals surface area contributed by atoms with Gasteiger partial charge in [-0.05, 0) is 91.3 Å². The molecule has 0 aromatic carbocycles. The van der Waals surface area contributed by atoms with E-state index in [-0.39, 0.29) is 12.1 Å². The van der Waals surface area contributed by atoms with Gasteiger partial charge in [0.05, 0.1) is 0 Å². The molecule has 1 fully saturated rings. The third-order valence-electron chi connectivity index (χ3n) is 10.4. The van der Waals surface area contributed by atoms with Crippen LogP contribution in [0.15, 0.2) is 24.3 Å². The molecule has 1 aliphatic rings. The molecule has 0 aromatic rings. The minimum Gasteiger partial charge on any atom is -0.462 e. The summed E-state index contributed by atoms with van der Waals surface area (Å²) in [5.74, 6) is 1.29. The molecule has 1 rings (SSSR count). The number of hydrogen-bond acceptors (Lipinski definition) is 3. The lowest BCUT2D eigenvalue weighted by Gasteiger charge is -2.09. The summed E-state index contributed by atoms with van der Waals surface area (Å²) in [4.78, 5) is 14.7. The molecule has 0 radical (unpaired) electrons. The maximum atomic E-state index is 12.6. The predicted molar refractivity (Wildman–Crippen MR) is 208 cm³/mol. The molecule has 0 saturated heterocycles. The quantitative estimate of drug-likeness (QED) is 0.0381. The second-order valence-corrected chi connectivity index (χ2v) is 15.3.